The molecule has 1 N–H and O–H groups in total. The van der Waals surface area contributed by atoms with Crippen LogP contribution in [0.5, 0.6) is 5.88 Å². The molecule has 0 spiro atoms. The van der Waals surface area contributed by atoms with E-state index in [2.05, 4.69) is 35.3 Å². The number of carboxylic acid groups (broad SMARTS) is 1. The Morgan fingerprint density at radius 3 is 2.65 bits per heavy atom. The summed E-state index contributed by atoms with van der Waals surface area (Å²) in [6.45, 7) is 0. The smallest absolute Gasteiger partial charge is 0.303 e. The molecule has 1 saturated carbocycles. The highest BCUT2D eigenvalue weighted by Gasteiger charge is 2.19. The zero-order chi connectivity index (χ0) is 18.2. The average Bonchev–Trinajstić information content (AvgIpc) is 3.15. The topological polar surface area (TPSA) is 59.4 Å². The van der Waals surface area contributed by atoms with Crippen LogP contribution >= 0.6 is 11.8 Å². The second kappa shape index (κ2) is 9.62. The van der Waals surface area contributed by atoms with Gasteiger partial charge in [0.25, 0.3) is 0 Å². The first-order valence-electron chi connectivity index (χ1n) is 9.29. The predicted molar refractivity (Wildman–Crippen MR) is 105 cm³/mol. The Hall–Kier alpha value is -2.01. The van der Waals surface area contributed by atoms with Gasteiger partial charge in [0.05, 0.1) is 0 Å². The van der Waals surface area contributed by atoms with Crippen LogP contribution in [0.3, 0.4) is 0 Å². The normalized spacial score (nSPS) is 14.5. The van der Waals surface area contributed by atoms with E-state index in [1.54, 1.807) is 18.0 Å². The standard InChI is InChI=1S/C21H25NO3S/c23-20(24)9-3-4-15-26-18-12-10-16(11-13-18)19-8-5-14-22-21(19)25-17-6-1-2-7-17/h5,8,10-14,17H,1-4,6-7,9,15H2,(H,23,24). The minimum atomic E-state index is -0.716. The van der Waals surface area contributed by atoms with Crippen LogP contribution in [-0.4, -0.2) is 27.9 Å². The zero-order valence-electron chi connectivity index (χ0n) is 14.9. The summed E-state index contributed by atoms with van der Waals surface area (Å²) in [6.07, 6.45) is 8.71. The molecule has 1 aliphatic carbocycles. The van der Waals surface area contributed by atoms with E-state index in [-0.39, 0.29) is 6.42 Å². The number of benzene rings is 1. The number of thioether (sulfide) groups is 1. The Balaban J connectivity index is 1.59. The summed E-state index contributed by atoms with van der Waals surface area (Å²) >= 11 is 1.77. The van der Waals surface area contributed by atoms with Crippen molar-refractivity contribution in [3.05, 3.63) is 42.6 Å². The van der Waals surface area contributed by atoms with Gasteiger partial charge in [0, 0.05) is 23.1 Å². The lowest BCUT2D eigenvalue weighted by Gasteiger charge is -2.15. The number of hydrogen-bond donors (Lipinski definition) is 1. The Morgan fingerprint density at radius 2 is 1.92 bits per heavy atom. The molecule has 138 valence electrons. The van der Waals surface area contributed by atoms with Crippen LogP contribution in [0.25, 0.3) is 11.1 Å². The molecule has 26 heavy (non-hydrogen) atoms. The molecule has 0 unspecified atom stereocenters. The third kappa shape index (κ3) is 5.49. The molecule has 0 aliphatic heterocycles. The number of ether oxygens (including phenoxy) is 1. The van der Waals surface area contributed by atoms with Crippen molar-refractivity contribution in [2.75, 3.05) is 5.75 Å². The number of nitrogens with zero attached hydrogens (tertiary/aromatic N) is 1. The third-order valence-corrected chi connectivity index (χ3v) is 5.67. The van der Waals surface area contributed by atoms with Gasteiger partial charge in [-0.1, -0.05) is 12.1 Å². The van der Waals surface area contributed by atoms with Crippen LogP contribution in [0.2, 0.25) is 0 Å². The zero-order valence-corrected chi connectivity index (χ0v) is 15.7. The fourth-order valence-electron chi connectivity index (χ4n) is 3.17. The maximum atomic E-state index is 10.5. The summed E-state index contributed by atoms with van der Waals surface area (Å²) in [7, 11) is 0. The van der Waals surface area contributed by atoms with Crippen LogP contribution in [0, 0.1) is 0 Å². The van der Waals surface area contributed by atoms with Crippen molar-refractivity contribution < 1.29 is 14.6 Å². The van der Waals surface area contributed by atoms with Gasteiger partial charge in [-0.15, -0.1) is 11.8 Å². The Morgan fingerprint density at radius 1 is 1.15 bits per heavy atom. The largest absolute Gasteiger partial charge is 0.481 e. The molecule has 0 saturated heterocycles. The van der Waals surface area contributed by atoms with Gasteiger partial charge in [-0.05, 0) is 74.1 Å². The van der Waals surface area contributed by atoms with Gasteiger partial charge in [-0.2, -0.15) is 0 Å². The fraction of sp³-hybridized carbons (Fsp3) is 0.429. The quantitative estimate of drug-likeness (QED) is 0.471. The van der Waals surface area contributed by atoms with Gasteiger partial charge in [0.1, 0.15) is 6.10 Å². The van der Waals surface area contributed by atoms with Gasteiger partial charge >= 0.3 is 5.97 Å². The fourth-order valence-corrected chi connectivity index (χ4v) is 4.08. The molecule has 0 radical (unpaired) electrons. The van der Waals surface area contributed by atoms with Crippen LogP contribution in [0.4, 0.5) is 0 Å². The molecular formula is C21H25NO3S. The molecule has 0 bridgehead atoms. The number of carbonyl (C=O) groups is 1. The highest BCUT2D eigenvalue weighted by atomic mass is 32.2. The summed E-state index contributed by atoms with van der Waals surface area (Å²) < 4.78 is 6.14. The number of rotatable bonds is 9. The molecule has 3 rings (SSSR count). The Labute approximate surface area is 159 Å². The Bertz CT molecular complexity index is 711. The number of aromatic nitrogens is 1. The first-order valence-corrected chi connectivity index (χ1v) is 10.3. The van der Waals surface area contributed by atoms with E-state index in [9.17, 15) is 4.79 Å². The minimum absolute atomic E-state index is 0.254. The molecule has 0 atom stereocenters. The second-order valence-electron chi connectivity index (χ2n) is 6.60. The number of aliphatic carboxylic acids is 1. The van der Waals surface area contributed by atoms with Crippen molar-refractivity contribution >= 4 is 17.7 Å². The summed E-state index contributed by atoms with van der Waals surface area (Å²) in [4.78, 5) is 16.2. The molecule has 4 nitrogen and oxygen atoms in total. The number of unbranched alkanes of at least 4 members (excludes halogenated alkanes) is 1. The first kappa shape index (κ1) is 18.8. The second-order valence-corrected chi connectivity index (χ2v) is 7.77. The number of pyridine rings is 1. The van der Waals surface area contributed by atoms with Crippen molar-refractivity contribution in [2.24, 2.45) is 0 Å². The molecule has 5 heteroatoms. The number of hydrogen-bond acceptors (Lipinski definition) is 4. The SMILES string of the molecule is O=C(O)CCCCSc1ccc(-c2cccnc2OC2CCCC2)cc1. The van der Waals surface area contributed by atoms with Crippen molar-refractivity contribution in [1.29, 1.82) is 0 Å². The summed E-state index contributed by atoms with van der Waals surface area (Å²) in [5.41, 5.74) is 2.15. The Kier molecular flexibility index (Phi) is 6.95. The maximum Gasteiger partial charge on any atom is 0.303 e. The third-order valence-electron chi connectivity index (χ3n) is 4.57. The molecule has 1 heterocycles. The molecule has 1 aliphatic rings. The van der Waals surface area contributed by atoms with E-state index < -0.39 is 5.97 Å². The lowest BCUT2D eigenvalue weighted by molar-refractivity contribution is -0.137. The van der Waals surface area contributed by atoms with Gasteiger partial charge in [0.2, 0.25) is 5.88 Å². The van der Waals surface area contributed by atoms with Crippen molar-refractivity contribution in [3.8, 4) is 17.0 Å². The van der Waals surface area contributed by atoms with E-state index in [0.29, 0.717) is 6.10 Å². The van der Waals surface area contributed by atoms with E-state index in [0.717, 1.165) is 48.4 Å². The van der Waals surface area contributed by atoms with E-state index in [4.69, 9.17) is 9.84 Å². The molecule has 1 fully saturated rings. The lowest BCUT2D eigenvalue weighted by atomic mass is 10.1. The highest BCUT2D eigenvalue weighted by Crippen LogP contribution is 2.32. The monoisotopic (exact) mass is 371 g/mol. The predicted octanol–water partition coefficient (Wildman–Crippen LogP) is 5.42. The highest BCUT2D eigenvalue weighted by molar-refractivity contribution is 7.99. The molecule has 0 amide bonds. The van der Waals surface area contributed by atoms with Crippen molar-refractivity contribution in [2.45, 2.75) is 55.9 Å². The number of carboxylic acids is 1. The first-order chi connectivity index (χ1) is 12.7. The molecule has 2 aromatic rings. The van der Waals surface area contributed by atoms with Gasteiger partial charge in [-0.25, -0.2) is 4.98 Å². The van der Waals surface area contributed by atoms with Crippen LogP contribution < -0.4 is 4.74 Å². The van der Waals surface area contributed by atoms with Crippen LogP contribution in [-0.2, 0) is 4.79 Å². The van der Waals surface area contributed by atoms with Crippen molar-refractivity contribution in [1.82, 2.24) is 4.98 Å². The molecular weight excluding hydrogens is 346 g/mol. The van der Waals surface area contributed by atoms with Crippen LogP contribution in [0.15, 0.2) is 47.5 Å². The molecule has 1 aromatic carbocycles. The lowest BCUT2D eigenvalue weighted by Crippen LogP contribution is -2.12. The minimum Gasteiger partial charge on any atom is -0.481 e. The van der Waals surface area contributed by atoms with Crippen molar-refractivity contribution in [3.63, 3.8) is 0 Å². The summed E-state index contributed by atoms with van der Waals surface area (Å²) in [5.74, 6) is 0.954. The summed E-state index contributed by atoms with van der Waals surface area (Å²) in [5, 5.41) is 8.66. The van der Waals surface area contributed by atoms with Crippen LogP contribution in [0.1, 0.15) is 44.9 Å². The van der Waals surface area contributed by atoms with E-state index in [1.165, 1.54) is 17.7 Å². The van der Waals surface area contributed by atoms with E-state index in [1.807, 2.05) is 6.07 Å². The van der Waals surface area contributed by atoms with Gasteiger partial charge in [0.15, 0.2) is 0 Å². The van der Waals surface area contributed by atoms with Gasteiger partial charge in [-0.3, -0.25) is 4.79 Å². The maximum absolute atomic E-state index is 10.5. The van der Waals surface area contributed by atoms with E-state index >= 15 is 0 Å². The molecule has 1 aromatic heterocycles. The summed E-state index contributed by atoms with van der Waals surface area (Å²) in [6, 6.07) is 12.5. The average molecular weight is 372 g/mol. The van der Waals surface area contributed by atoms with Gasteiger partial charge < -0.3 is 9.84 Å².